The van der Waals surface area contributed by atoms with Crippen LogP contribution < -0.4 is 0 Å². The Labute approximate surface area is 366 Å². The molecule has 0 bridgehead atoms. The van der Waals surface area contributed by atoms with Crippen molar-refractivity contribution in [2.75, 3.05) is 0 Å². The molecule has 2 heterocycles. The summed E-state index contributed by atoms with van der Waals surface area (Å²) in [6.07, 6.45) is 0. The van der Waals surface area contributed by atoms with E-state index in [9.17, 15) is 0 Å². The van der Waals surface area contributed by atoms with E-state index in [1.54, 1.807) is 0 Å². The summed E-state index contributed by atoms with van der Waals surface area (Å²) in [7, 11) is 0. The van der Waals surface area contributed by atoms with Crippen LogP contribution in [0.1, 0.15) is 22.3 Å². The first-order chi connectivity index (χ1) is 30.7. The van der Waals surface area contributed by atoms with E-state index in [2.05, 4.69) is 231 Å². The molecule has 0 radical (unpaired) electrons. The Balaban J connectivity index is 1.01. The number of hydrogen-bond acceptors (Lipinski definition) is 3. The van der Waals surface area contributed by atoms with Crippen molar-refractivity contribution in [3.8, 4) is 78.4 Å². The topological polar surface area (TPSA) is 25.8 Å². The number of benzene rings is 9. The Kier molecular flexibility index (Phi) is 8.69. The van der Waals surface area contributed by atoms with Crippen LogP contribution >= 0.6 is 11.8 Å². The third-order valence-electron chi connectivity index (χ3n) is 12.6. The van der Waals surface area contributed by atoms with E-state index in [0.29, 0.717) is 5.82 Å². The van der Waals surface area contributed by atoms with Crippen molar-refractivity contribution >= 4 is 11.8 Å². The fourth-order valence-corrected chi connectivity index (χ4v) is 11.0. The molecule has 0 amide bonds. The van der Waals surface area contributed by atoms with Crippen LogP contribution in [-0.4, -0.2) is 9.97 Å². The van der Waals surface area contributed by atoms with E-state index in [0.717, 1.165) is 44.8 Å². The average Bonchev–Trinajstić information content (AvgIpc) is 3.65. The highest BCUT2D eigenvalue weighted by atomic mass is 32.2. The van der Waals surface area contributed by atoms with Crippen molar-refractivity contribution in [2.24, 2.45) is 0 Å². The van der Waals surface area contributed by atoms with Crippen LogP contribution in [0, 0.1) is 0 Å². The Morgan fingerprint density at radius 3 is 1.34 bits per heavy atom. The van der Waals surface area contributed by atoms with E-state index in [1.165, 1.54) is 59.9 Å². The second-order valence-corrected chi connectivity index (χ2v) is 17.1. The van der Waals surface area contributed by atoms with Gasteiger partial charge in [0.15, 0.2) is 5.82 Å². The molecule has 0 saturated carbocycles. The highest BCUT2D eigenvalue weighted by molar-refractivity contribution is 7.99. The predicted molar refractivity (Wildman–Crippen MR) is 256 cm³/mol. The van der Waals surface area contributed by atoms with E-state index < -0.39 is 5.41 Å². The molecule has 1 spiro atoms. The summed E-state index contributed by atoms with van der Waals surface area (Å²) >= 11 is 1.88. The van der Waals surface area contributed by atoms with E-state index in [-0.39, 0.29) is 0 Å². The van der Waals surface area contributed by atoms with Crippen molar-refractivity contribution in [1.29, 1.82) is 0 Å². The SMILES string of the molecule is c1ccc(-c2ccc(-c3cc(-c4ccccc4-c4ccc5c(c4)Sc4ccccc4C54c5ccccc5-c5ccccc54)nc(-c4ccc(-c5ccccc5)cc4)n3)cc2)cc1. The molecule has 2 nitrogen and oxygen atoms in total. The number of rotatable bonds is 6. The van der Waals surface area contributed by atoms with Gasteiger partial charge in [-0.15, -0.1) is 0 Å². The number of aromatic nitrogens is 2. The first-order valence-electron chi connectivity index (χ1n) is 21.1. The fraction of sp³-hybridized carbons (Fsp3) is 0.0169. The lowest BCUT2D eigenvalue weighted by molar-refractivity contribution is 0.722. The zero-order valence-electron chi connectivity index (χ0n) is 33.7. The summed E-state index contributed by atoms with van der Waals surface area (Å²) in [6, 6.07) is 83.3. The summed E-state index contributed by atoms with van der Waals surface area (Å²) < 4.78 is 0. The molecule has 0 atom stereocenters. The van der Waals surface area contributed by atoms with Gasteiger partial charge in [-0.1, -0.05) is 224 Å². The van der Waals surface area contributed by atoms with Crippen molar-refractivity contribution in [3.63, 3.8) is 0 Å². The van der Waals surface area contributed by atoms with Crippen LogP contribution in [-0.2, 0) is 5.41 Å². The van der Waals surface area contributed by atoms with Gasteiger partial charge in [-0.25, -0.2) is 9.97 Å². The van der Waals surface area contributed by atoms with Gasteiger partial charge >= 0.3 is 0 Å². The van der Waals surface area contributed by atoms with Gasteiger partial charge in [0.25, 0.3) is 0 Å². The van der Waals surface area contributed by atoms with Gasteiger partial charge in [0.2, 0.25) is 0 Å². The van der Waals surface area contributed by atoms with E-state index >= 15 is 0 Å². The maximum absolute atomic E-state index is 5.36. The lowest BCUT2D eigenvalue weighted by atomic mass is 9.67. The van der Waals surface area contributed by atoms with Crippen LogP contribution in [0.4, 0.5) is 0 Å². The summed E-state index contributed by atoms with van der Waals surface area (Å²) in [5.41, 5.74) is 19.4. The van der Waals surface area contributed by atoms with Crippen molar-refractivity contribution < 1.29 is 0 Å². The van der Waals surface area contributed by atoms with Gasteiger partial charge < -0.3 is 0 Å². The minimum absolute atomic E-state index is 0.412. The lowest BCUT2D eigenvalue weighted by Crippen LogP contribution is -2.31. The van der Waals surface area contributed by atoms with Crippen LogP contribution in [0.2, 0.25) is 0 Å². The Hall–Kier alpha value is -7.59. The second-order valence-electron chi connectivity index (χ2n) is 16.0. The van der Waals surface area contributed by atoms with Crippen LogP contribution in [0.15, 0.2) is 240 Å². The zero-order chi connectivity index (χ0) is 41.0. The first-order valence-corrected chi connectivity index (χ1v) is 22.0. The molecule has 62 heavy (non-hydrogen) atoms. The molecule has 1 aliphatic carbocycles. The third-order valence-corrected chi connectivity index (χ3v) is 13.8. The van der Waals surface area contributed by atoms with Crippen LogP contribution in [0.25, 0.3) is 78.4 Å². The summed E-state index contributed by atoms with van der Waals surface area (Å²) in [5.74, 6) is 0.692. The van der Waals surface area contributed by atoms with E-state index in [4.69, 9.17) is 9.97 Å². The predicted octanol–water partition coefficient (Wildman–Crippen LogP) is 15.3. The molecule has 0 unspecified atom stereocenters. The summed E-state index contributed by atoms with van der Waals surface area (Å²) in [5, 5.41) is 0. The summed E-state index contributed by atoms with van der Waals surface area (Å²) in [6.45, 7) is 0. The van der Waals surface area contributed by atoms with Crippen molar-refractivity contribution in [3.05, 3.63) is 253 Å². The molecule has 2 aliphatic rings. The van der Waals surface area contributed by atoms with Gasteiger partial charge in [0.1, 0.15) is 0 Å². The molecule has 0 saturated heterocycles. The van der Waals surface area contributed by atoms with Gasteiger partial charge in [0.05, 0.1) is 16.8 Å². The maximum atomic E-state index is 5.36. The van der Waals surface area contributed by atoms with Crippen LogP contribution in [0.3, 0.4) is 0 Å². The standard InChI is InChI=1S/C59H38N2S/c1-3-15-39(16-4-1)41-27-31-43(32-28-41)54-38-55(61-58(60-54)44-33-29-42(30-34-44)40-17-5-2-6-18-40)49-22-8-7-19-46(49)45-35-36-53-57(37-45)62-56-26-14-13-25-52(56)59(53)50-23-11-9-20-47(50)48-21-10-12-24-51(48)59/h1-38H. The molecule has 12 rings (SSSR count). The molecule has 9 aromatic carbocycles. The maximum Gasteiger partial charge on any atom is 0.160 e. The average molecular weight is 807 g/mol. The van der Waals surface area contributed by atoms with Gasteiger partial charge in [0, 0.05) is 26.5 Å². The van der Waals surface area contributed by atoms with Gasteiger partial charge in [-0.05, 0) is 85.0 Å². The molecule has 290 valence electrons. The normalized spacial score (nSPS) is 12.9. The first kappa shape index (κ1) is 36.3. The number of hydrogen-bond donors (Lipinski definition) is 0. The minimum atomic E-state index is -0.412. The molecule has 3 heteroatoms. The van der Waals surface area contributed by atoms with Gasteiger partial charge in [-0.3, -0.25) is 0 Å². The Morgan fingerprint density at radius 1 is 0.274 bits per heavy atom. The smallest absolute Gasteiger partial charge is 0.160 e. The lowest BCUT2D eigenvalue weighted by Gasteiger charge is -2.39. The zero-order valence-corrected chi connectivity index (χ0v) is 34.6. The van der Waals surface area contributed by atoms with E-state index in [1.807, 2.05) is 11.8 Å². The molecule has 10 aromatic rings. The van der Waals surface area contributed by atoms with Crippen molar-refractivity contribution in [2.45, 2.75) is 15.2 Å². The Morgan fingerprint density at radius 2 is 0.710 bits per heavy atom. The Bertz CT molecular complexity index is 3150. The molecular formula is C59H38N2S. The molecule has 1 aromatic heterocycles. The quantitative estimate of drug-likeness (QED) is 0.167. The monoisotopic (exact) mass is 806 g/mol. The van der Waals surface area contributed by atoms with Crippen LogP contribution in [0.5, 0.6) is 0 Å². The molecular weight excluding hydrogens is 769 g/mol. The minimum Gasteiger partial charge on any atom is -0.228 e. The second kappa shape index (κ2) is 14.8. The number of fused-ring (bicyclic) bond motifs is 9. The highest BCUT2D eigenvalue weighted by Gasteiger charge is 2.50. The molecule has 1 aliphatic heterocycles. The van der Waals surface area contributed by atoms with Crippen molar-refractivity contribution in [1.82, 2.24) is 9.97 Å². The number of nitrogens with zero attached hydrogens (tertiary/aromatic N) is 2. The fourth-order valence-electron chi connectivity index (χ4n) is 9.76. The highest BCUT2D eigenvalue weighted by Crippen LogP contribution is 2.62. The molecule has 0 N–H and O–H groups in total. The third kappa shape index (κ3) is 5.89. The largest absolute Gasteiger partial charge is 0.228 e. The summed E-state index contributed by atoms with van der Waals surface area (Å²) in [4.78, 5) is 13.2. The van der Waals surface area contributed by atoms with Gasteiger partial charge in [-0.2, -0.15) is 0 Å². The molecule has 0 fully saturated rings.